The average Bonchev–Trinajstić information content (AvgIpc) is 2.41. The van der Waals surface area contributed by atoms with E-state index in [4.69, 9.17) is 4.74 Å². The van der Waals surface area contributed by atoms with E-state index in [1.54, 1.807) is 7.11 Å². The highest BCUT2D eigenvalue weighted by molar-refractivity contribution is 9.10. The average molecular weight is 331 g/mol. The van der Waals surface area contributed by atoms with Gasteiger partial charge in [0.15, 0.2) is 0 Å². The van der Waals surface area contributed by atoms with Crippen LogP contribution in [0.2, 0.25) is 0 Å². The first kappa shape index (κ1) is 16.6. The van der Waals surface area contributed by atoms with Crippen LogP contribution in [0.3, 0.4) is 0 Å². The fourth-order valence-corrected chi connectivity index (χ4v) is 2.12. The van der Waals surface area contributed by atoms with E-state index in [1.165, 1.54) is 0 Å². The van der Waals surface area contributed by atoms with Crippen LogP contribution in [0.4, 0.5) is 0 Å². The van der Waals surface area contributed by atoms with Gasteiger partial charge in [-0.05, 0) is 24.7 Å². The number of hydrogen-bond acceptors (Lipinski definition) is 4. The molecule has 0 saturated carbocycles. The SMILES string of the molecule is COCCN(C)CCNCC(O)c1cccc(Br)c1. The summed E-state index contributed by atoms with van der Waals surface area (Å²) in [6.45, 7) is 4.03. The Bertz CT molecular complexity index is 363. The minimum Gasteiger partial charge on any atom is -0.387 e. The molecule has 1 rings (SSSR count). The van der Waals surface area contributed by atoms with Crippen molar-refractivity contribution in [2.24, 2.45) is 0 Å². The molecule has 1 atom stereocenters. The number of hydrogen-bond donors (Lipinski definition) is 2. The van der Waals surface area contributed by atoms with E-state index in [2.05, 4.69) is 33.2 Å². The third-order valence-electron chi connectivity index (χ3n) is 2.92. The summed E-state index contributed by atoms with van der Waals surface area (Å²) in [7, 11) is 3.77. The molecule has 0 heterocycles. The lowest BCUT2D eigenvalue weighted by molar-refractivity contribution is 0.156. The highest BCUT2D eigenvalue weighted by Gasteiger charge is 2.07. The lowest BCUT2D eigenvalue weighted by Crippen LogP contribution is -2.33. The van der Waals surface area contributed by atoms with Crippen LogP contribution in [0.25, 0.3) is 0 Å². The van der Waals surface area contributed by atoms with E-state index in [-0.39, 0.29) is 0 Å². The largest absolute Gasteiger partial charge is 0.387 e. The molecule has 1 aromatic rings. The molecule has 2 N–H and O–H groups in total. The zero-order valence-electron chi connectivity index (χ0n) is 11.6. The third kappa shape index (κ3) is 7.03. The smallest absolute Gasteiger partial charge is 0.0914 e. The summed E-state index contributed by atoms with van der Waals surface area (Å²) in [5.41, 5.74) is 0.926. The summed E-state index contributed by atoms with van der Waals surface area (Å²) in [4.78, 5) is 2.20. The van der Waals surface area contributed by atoms with E-state index in [9.17, 15) is 5.11 Å². The van der Waals surface area contributed by atoms with E-state index < -0.39 is 6.10 Å². The first-order chi connectivity index (χ1) is 9.13. The second-order valence-corrected chi connectivity index (χ2v) is 5.49. The van der Waals surface area contributed by atoms with E-state index in [0.29, 0.717) is 6.54 Å². The predicted molar refractivity (Wildman–Crippen MR) is 81.3 cm³/mol. The van der Waals surface area contributed by atoms with Gasteiger partial charge in [0.2, 0.25) is 0 Å². The summed E-state index contributed by atoms with van der Waals surface area (Å²) in [6.07, 6.45) is -0.471. The molecule has 0 saturated heterocycles. The Hall–Kier alpha value is -0.460. The van der Waals surface area contributed by atoms with Crippen LogP contribution in [0.5, 0.6) is 0 Å². The maximum Gasteiger partial charge on any atom is 0.0914 e. The number of aliphatic hydroxyl groups is 1. The quantitative estimate of drug-likeness (QED) is 0.676. The first-order valence-electron chi connectivity index (χ1n) is 6.45. The Balaban J connectivity index is 2.18. The van der Waals surface area contributed by atoms with Crippen molar-refractivity contribution < 1.29 is 9.84 Å². The molecular formula is C14H23BrN2O2. The van der Waals surface area contributed by atoms with Crippen LogP contribution in [-0.2, 0) is 4.74 Å². The Labute approximate surface area is 123 Å². The fourth-order valence-electron chi connectivity index (χ4n) is 1.70. The van der Waals surface area contributed by atoms with Gasteiger partial charge in [-0.25, -0.2) is 0 Å². The molecule has 0 aliphatic carbocycles. The number of aliphatic hydroxyl groups excluding tert-OH is 1. The molecule has 0 aromatic heterocycles. The fraction of sp³-hybridized carbons (Fsp3) is 0.571. The van der Waals surface area contributed by atoms with Crippen LogP contribution in [0, 0.1) is 0 Å². The third-order valence-corrected chi connectivity index (χ3v) is 3.41. The van der Waals surface area contributed by atoms with Crippen molar-refractivity contribution in [3.8, 4) is 0 Å². The van der Waals surface area contributed by atoms with E-state index >= 15 is 0 Å². The Morgan fingerprint density at radius 2 is 2.21 bits per heavy atom. The molecular weight excluding hydrogens is 308 g/mol. The minimum atomic E-state index is -0.471. The number of nitrogens with one attached hydrogen (secondary N) is 1. The van der Waals surface area contributed by atoms with Crippen molar-refractivity contribution in [1.29, 1.82) is 0 Å². The van der Waals surface area contributed by atoms with Crippen LogP contribution in [0.15, 0.2) is 28.7 Å². The second kappa shape index (κ2) is 9.44. The van der Waals surface area contributed by atoms with Crippen molar-refractivity contribution in [3.63, 3.8) is 0 Å². The van der Waals surface area contributed by atoms with E-state index in [0.717, 1.165) is 36.3 Å². The van der Waals surface area contributed by atoms with Gasteiger partial charge >= 0.3 is 0 Å². The summed E-state index contributed by atoms with van der Waals surface area (Å²) >= 11 is 3.41. The number of ether oxygens (including phenoxy) is 1. The minimum absolute atomic E-state index is 0.471. The number of halogens is 1. The summed E-state index contributed by atoms with van der Waals surface area (Å²) in [6, 6.07) is 7.76. The van der Waals surface area contributed by atoms with Crippen molar-refractivity contribution in [3.05, 3.63) is 34.3 Å². The van der Waals surface area contributed by atoms with Crippen LogP contribution >= 0.6 is 15.9 Å². The summed E-state index contributed by atoms with van der Waals surface area (Å²) < 4.78 is 6.01. The molecule has 0 aliphatic rings. The molecule has 5 heteroatoms. The van der Waals surface area contributed by atoms with Gasteiger partial charge in [-0.1, -0.05) is 28.1 Å². The molecule has 0 radical (unpaired) electrons. The van der Waals surface area contributed by atoms with Crippen molar-refractivity contribution >= 4 is 15.9 Å². The topological polar surface area (TPSA) is 44.7 Å². The van der Waals surface area contributed by atoms with Crippen molar-refractivity contribution in [1.82, 2.24) is 10.2 Å². The van der Waals surface area contributed by atoms with Crippen LogP contribution in [-0.4, -0.2) is 56.9 Å². The molecule has 1 aromatic carbocycles. The normalized spacial score (nSPS) is 12.9. The van der Waals surface area contributed by atoms with Gasteiger partial charge in [0.25, 0.3) is 0 Å². The molecule has 0 fully saturated rings. The highest BCUT2D eigenvalue weighted by Crippen LogP contribution is 2.17. The standard InChI is InChI=1S/C14H23BrN2O2/c1-17(8-9-19-2)7-6-16-11-14(18)12-4-3-5-13(15)10-12/h3-5,10,14,16,18H,6-9,11H2,1-2H3. The zero-order valence-corrected chi connectivity index (χ0v) is 13.2. The summed E-state index contributed by atoms with van der Waals surface area (Å²) in [5.74, 6) is 0. The molecule has 1 unspecified atom stereocenters. The number of benzene rings is 1. The molecule has 0 bridgehead atoms. The molecule has 0 amide bonds. The van der Waals surface area contributed by atoms with Gasteiger partial charge in [-0.15, -0.1) is 0 Å². The lowest BCUT2D eigenvalue weighted by atomic mass is 10.1. The summed E-state index contributed by atoms with van der Waals surface area (Å²) in [5, 5.41) is 13.3. The van der Waals surface area contributed by atoms with Crippen molar-refractivity contribution in [2.45, 2.75) is 6.10 Å². The number of nitrogens with zero attached hydrogens (tertiary/aromatic N) is 1. The van der Waals surface area contributed by atoms with Crippen LogP contribution in [0.1, 0.15) is 11.7 Å². The maximum absolute atomic E-state index is 10.0. The number of likely N-dealkylation sites (N-methyl/N-ethyl adjacent to an activating group) is 1. The predicted octanol–water partition coefficient (Wildman–Crippen LogP) is 1.65. The zero-order chi connectivity index (χ0) is 14.1. The molecule has 4 nitrogen and oxygen atoms in total. The van der Waals surface area contributed by atoms with Gasteiger partial charge in [0.1, 0.15) is 0 Å². The van der Waals surface area contributed by atoms with Gasteiger partial charge in [0.05, 0.1) is 12.7 Å². The van der Waals surface area contributed by atoms with Gasteiger partial charge in [-0.3, -0.25) is 0 Å². The Morgan fingerprint density at radius 3 is 2.89 bits per heavy atom. The molecule has 19 heavy (non-hydrogen) atoms. The first-order valence-corrected chi connectivity index (χ1v) is 7.24. The Kier molecular flexibility index (Phi) is 8.25. The van der Waals surface area contributed by atoms with Gasteiger partial charge < -0.3 is 20.1 Å². The van der Waals surface area contributed by atoms with Gasteiger partial charge in [0, 0.05) is 37.8 Å². The Morgan fingerprint density at radius 1 is 1.42 bits per heavy atom. The molecule has 0 spiro atoms. The lowest BCUT2D eigenvalue weighted by Gasteiger charge is -2.17. The van der Waals surface area contributed by atoms with Crippen molar-refractivity contribution in [2.75, 3.05) is 46.9 Å². The number of methoxy groups -OCH3 is 1. The number of rotatable bonds is 9. The monoisotopic (exact) mass is 330 g/mol. The molecule has 0 aliphatic heterocycles. The van der Waals surface area contributed by atoms with Gasteiger partial charge in [-0.2, -0.15) is 0 Å². The highest BCUT2D eigenvalue weighted by atomic mass is 79.9. The van der Waals surface area contributed by atoms with Crippen LogP contribution < -0.4 is 5.32 Å². The maximum atomic E-state index is 10.0. The van der Waals surface area contributed by atoms with E-state index in [1.807, 2.05) is 24.3 Å². The second-order valence-electron chi connectivity index (χ2n) is 4.57. The molecule has 108 valence electrons.